The second-order valence-corrected chi connectivity index (χ2v) is 10.4. The van der Waals surface area contributed by atoms with Crippen molar-refractivity contribution in [3.05, 3.63) is 0 Å². The Morgan fingerprint density at radius 3 is 1.28 bits per heavy atom. The SMILES string of the molecule is CCCCCCCCCCC(CCCCCCC)COC(=O)C(C)CCCCCCCC. The average molecular weight is 453 g/mol. The molecule has 0 N–H and O–H groups in total. The molecule has 0 radical (unpaired) electrons. The number of hydrogen-bond donors (Lipinski definition) is 0. The number of esters is 1. The maximum absolute atomic E-state index is 12.5. The third kappa shape index (κ3) is 21.3. The van der Waals surface area contributed by atoms with Crippen LogP contribution in [0.3, 0.4) is 0 Å². The molecule has 0 aliphatic rings. The zero-order chi connectivity index (χ0) is 23.7. The Morgan fingerprint density at radius 1 is 0.531 bits per heavy atom. The Morgan fingerprint density at radius 2 is 0.875 bits per heavy atom. The Kier molecular flexibility index (Phi) is 24.7. The van der Waals surface area contributed by atoms with Crippen LogP contribution in [-0.4, -0.2) is 12.6 Å². The molecule has 0 spiro atoms. The molecule has 0 aromatic carbocycles. The normalized spacial score (nSPS) is 13.2. The van der Waals surface area contributed by atoms with E-state index in [0.717, 1.165) is 6.42 Å². The number of hydrogen-bond acceptors (Lipinski definition) is 2. The first-order valence-electron chi connectivity index (χ1n) is 14.8. The molecule has 0 aliphatic heterocycles. The second kappa shape index (κ2) is 25.1. The van der Waals surface area contributed by atoms with Gasteiger partial charge in [-0.3, -0.25) is 4.79 Å². The summed E-state index contributed by atoms with van der Waals surface area (Å²) in [4.78, 5) is 12.5. The van der Waals surface area contributed by atoms with Gasteiger partial charge in [0.25, 0.3) is 0 Å². The van der Waals surface area contributed by atoms with Crippen molar-refractivity contribution in [2.75, 3.05) is 6.61 Å². The maximum Gasteiger partial charge on any atom is 0.308 e. The average Bonchev–Trinajstić information content (AvgIpc) is 2.80. The van der Waals surface area contributed by atoms with E-state index in [9.17, 15) is 4.79 Å². The Hall–Kier alpha value is -0.530. The molecule has 192 valence electrons. The third-order valence-corrected chi connectivity index (χ3v) is 7.04. The monoisotopic (exact) mass is 452 g/mol. The smallest absolute Gasteiger partial charge is 0.308 e. The lowest BCUT2D eigenvalue weighted by atomic mass is 9.94. The van der Waals surface area contributed by atoms with Gasteiger partial charge in [-0.05, 0) is 25.2 Å². The molecule has 32 heavy (non-hydrogen) atoms. The van der Waals surface area contributed by atoms with Crippen molar-refractivity contribution in [3.63, 3.8) is 0 Å². The van der Waals surface area contributed by atoms with Crippen LogP contribution in [0, 0.1) is 11.8 Å². The fourth-order valence-corrected chi connectivity index (χ4v) is 4.61. The summed E-state index contributed by atoms with van der Waals surface area (Å²) < 4.78 is 5.82. The van der Waals surface area contributed by atoms with Crippen LogP contribution < -0.4 is 0 Å². The van der Waals surface area contributed by atoms with Crippen LogP contribution in [0.5, 0.6) is 0 Å². The van der Waals surface area contributed by atoms with Crippen LogP contribution in [0.2, 0.25) is 0 Å². The van der Waals surface area contributed by atoms with E-state index in [1.165, 1.54) is 135 Å². The Bertz CT molecular complexity index is 379. The topological polar surface area (TPSA) is 26.3 Å². The highest BCUT2D eigenvalue weighted by Gasteiger charge is 2.17. The largest absolute Gasteiger partial charge is 0.465 e. The zero-order valence-corrected chi connectivity index (χ0v) is 22.7. The summed E-state index contributed by atoms with van der Waals surface area (Å²) in [6.07, 6.45) is 28.8. The van der Waals surface area contributed by atoms with Crippen LogP contribution in [0.1, 0.15) is 169 Å². The molecule has 0 saturated carbocycles. The van der Waals surface area contributed by atoms with Crippen molar-refractivity contribution in [2.24, 2.45) is 11.8 Å². The Labute approximate surface area is 203 Å². The molecule has 0 aliphatic carbocycles. The first-order chi connectivity index (χ1) is 15.7. The number of carbonyl (C=O) groups excluding carboxylic acids is 1. The van der Waals surface area contributed by atoms with Crippen LogP contribution >= 0.6 is 0 Å². The van der Waals surface area contributed by atoms with E-state index in [0.29, 0.717) is 12.5 Å². The minimum absolute atomic E-state index is 0.0467. The van der Waals surface area contributed by atoms with E-state index in [1.54, 1.807) is 0 Å². The molecule has 0 heterocycles. The zero-order valence-electron chi connectivity index (χ0n) is 22.7. The summed E-state index contributed by atoms with van der Waals surface area (Å²) in [7, 11) is 0. The van der Waals surface area contributed by atoms with E-state index in [1.807, 2.05) is 0 Å². The van der Waals surface area contributed by atoms with E-state index < -0.39 is 0 Å². The summed E-state index contributed by atoms with van der Waals surface area (Å²) in [5.41, 5.74) is 0. The highest BCUT2D eigenvalue weighted by atomic mass is 16.5. The van der Waals surface area contributed by atoms with E-state index in [2.05, 4.69) is 27.7 Å². The molecule has 2 unspecified atom stereocenters. The molecule has 0 amide bonds. The molecular weight excluding hydrogens is 392 g/mol. The van der Waals surface area contributed by atoms with Crippen LogP contribution in [0.25, 0.3) is 0 Å². The molecule has 2 atom stereocenters. The van der Waals surface area contributed by atoms with Gasteiger partial charge in [-0.15, -0.1) is 0 Å². The minimum atomic E-state index is 0.0467. The summed E-state index contributed by atoms with van der Waals surface area (Å²) in [6.45, 7) is 9.53. The minimum Gasteiger partial charge on any atom is -0.465 e. The van der Waals surface area contributed by atoms with Crippen molar-refractivity contribution in [2.45, 2.75) is 169 Å². The summed E-state index contributed by atoms with van der Waals surface area (Å²) in [5.74, 6) is 0.682. The lowest BCUT2D eigenvalue weighted by Gasteiger charge is -2.19. The van der Waals surface area contributed by atoms with E-state index in [-0.39, 0.29) is 11.9 Å². The number of rotatable bonds is 25. The standard InChI is InChI=1S/C30H60O2/c1-5-8-11-14-16-17-20-23-26-29(25-22-18-13-10-7-3)27-32-30(31)28(4)24-21-19-15-12-9-6-2/h28-29H,5-27H2,1-4H3. The molecule has 0 bridgehead atoms. The molecular formula is C30H60O2. The van der Waals surface area contributed by atoms with Crippen molar-refractivity contribution in [1.29, 1.82) is 0 Å². The third-order valence-electron chi connectivity index (χ3n) is 7.04. The molecule has 2 nitrogen and oxygen atoms in total. The predicted octanol–water partition coefficient (Wildman–Crippen LogP) is 10.4. The van der Waals surface area contributed by atoms with E-state index in [4.69, 9.17) is 4.74 Å². The second-order valence-electron chi connectivity index (χ2n) is 10.4. The van der Waals surface area contributed by atoms with Crippen molar-refractivity contribution in [3.8, 4) is 0 Å². The van der Waals surface area contributed by atoms with Gasteiger partial charge in [0.2, 0.25) is 0 Å². The fourth-order valence-electron chi connectivity index (χ4n) is 4.61. The number of ether oxygens (including phenoxy) is 1. The number of unbranched alkanes of at least 4 members (excludes halogenated alkanes) is 16. The van der Waals surface area contributed by atoms with Gasteiger partial charge in [-0.25, -0.2) is 0 Å². The molecule has 0 aromatic rings. The van der Waals surface area contributed by atoms with Crippen molar-refractivity contribution >= 4 is 5.97 Å². The predicted molar refractivity (Wildman–Crippen MR) is 142 cm³/mol. The van der Waals surface area contributed by atoms with Gasteiger partial charge in [0.15, 0.2) is 0 Å². The van der Waals surface area contributed by atoms with Gasteiger partial charge in [0.05, 0.1) is 12.5 Å². The summed E-state index contributed by atoms with van der Waals surface area (Å²) in [6, 6.07) is 0. The highest BCUT2D eigenvalue weighted by molar-refractivity contribution is 5.71. The van der Waals surface area contributed by atoms with Crippen molar-refractivity contribution < 1.29 is 9.53 Å². The van der Waals surface area contributed by atoms with E-state index >= 15 is 0 Å². The maximum atomic E-state index is 12.5. The summed E-state index contributed by atoms with van der Waals surface area (Å²) in [5, 5.41) is 0. The molecule has 0 rings (SSSR count). The van der Waals surface area contributed by atoms with Gasteiger partial charge in [-0.1, -0.05) is 150 Å². The first kappa shape index (κ1) is 31.5. The van der Waals surface area contributed by atoms with Crippen LogP contribution in [0.15, 0.2) is 0 Å². The van der Waals surface area contributed by atoms with Gasteiger partial charge >= 0.3 is 5.97 Å². The lowest BCUT2D eigenvalue weighted by molar-refractivity contribution is -0.149. The molecule has 0 fully saturated rings. The quantitative estimate of drug-likeness (QED) is 0.102. The lowest BCUT2D eigenvalue weighted by Crippen LogP contribution is -2.20. The van der Waals surface area contributed by atoms with Crippen LogP contribution in [-0.2, 0) is 9.53 Å². The highest BCUT2D eigenvalue weighted by Crippen LogP contribution is 2.21. The van der Waals surface area contributed by atoms with Gasteiger partial charge < -0.3 is 4.74 Å². The summed E-state index contributed by atoms with van der Waals surface area (Å²) >= 11 is 0. The molecule has 2 heteroatoms. The van der Waals surface area contributed by atoms with Crippen LogP contribution in [0.4, 0.5) is 0 Å². The first-order valence-corrected chi connectivity index (χ1v) is 14.8. The fraction of sp³-hybridized carbons (Fsp3) is 0.967. The number of carbonyl (C=O) groups is 1. The van der Waals surface area contributed by atoms with Gasteiger partial charge in [0.1, 0.15) is 0 Å². The molecule has 0 aromatic heterocycles. The Balaban J connectivity index is 4.10. The van der Waals surface area contributed by atoms with Gasteiger partial charge in [-0.2, -0.15) is 0 Å². The molecule has 0 saturated heterocycles. The van der Waals surface area contributed by atoms with Gasteiger partial charge in [0, 0.05) is 0 Å². The van der Waals surface area contributed by atoms with Crippen molar-refractivity contribution in [1.82, 2.24) is 0 Å².